The second-order valence-electron chi connectivity index (χ2n) is 6.61. The van der Waals surface area contributed by atoms with Gasteiger partial charge in [0.25, 0.3) is 5.91 Å². The molecule has 0 bridgehead atoms. The molecule has 0 radical (unpaired) electrons. The molecule has 2 aliphatic heterocycles. The number of hydrogen-bond donors (Lipinski definition) is 0. The second-order valence-corrected chi connectivity index (χ2v) is 6.61. The zero-order valence-electron chi connectivity index (χ0n) is 14.6. The van der Waals surface area contributed by atoms with Crippen LogP contribution in [0.5, 0.6) is 0 Å². The normalized spacial score (nSPS) is 26.5. The van der Waals surface area contributed by atoms with E-state index >= 15 is 0 Å². The first-order chi connectivity index (χ1) is 12.4. The van der Waals surface area contributed by atoms with E-state index in [4.69, 9.17) is 14.2 Å². The third kappa shape index (κ3) is 3.87. The van der Waals surface area contributed by atoms with E-state index in [1.54, 1.807) is 4.90 Å². The van der Waals surface area contributed by atoms with Crippen molar-refractivity contribution in [3.63, 3.8) is 0 Å². The van der Waals surface area contributed by atoms with Gasteiger partial charge in [-0.05, 0) is 31.2 Å². The largest absolute Gasteiger partial charge is 0.416 e. The van der Waals surface area contributed by atoms with E-state index in [0.717, 1.165) is 12.1 Å². The molecule has 5 nitrogen and oxygen atoms in total. The van der Waals surface area contributed by atoms with Gasteiger partial charge < -0.3 is 19.1 Å². The summed E-state index contributed by atoms with van der Waals surface area (Å²) in [7, 11) is 0. The molecule has 0 N–H and O–H groups in total. The van der Waals surface area contributed by atoms with E-state index in [0.29, 0.717) is 46.0 Å². The van der Waals surface area contributed by atoms with Crippen molar-refractivity contribution in [2.24, 2.45) is 0 Å². The van der Waals surface area contributed by atoms with E-state index in [1.165, 1.54) is 12.1 Å². The smallest absolute Gasteiger partial charge is 0.379 e. The zero-order valence-corrected chi connectivity index (χ0v) is 14.6. The number of amides is 1. The maximum Gasteiger partial charge on any atom is 0.416 e. The highest BCUT2D eigenvalue weighted by molar-refractivity contribution is 5.95. The molecule has 1 amide bonds. The number of nitrogens with zero attached hydrogens (tertiary/aromatic N) is 1. The summed E-state index contributed by atoms with van der Waals surface area (Å²) in [6.45, 7) is 4.38. The second kappa shape index (κ2) is 7.54. The summed E-state index contributed by atoms with van der Waals surface area (Å²) < 4.78 is 54.9. The van der Waals surface area contributed by atoms with E-state index in [1.807, 2.05) is 6.92 Å². The molecule has 144 valence electrons. The molecule has 8 heteroatoms. The average Bonchev–Trinajstić information content (AvgIpc) is 3.02. The zero-order chi connectivity index (χ0) is 18.8. The highest BCUT2D eigenvalue weighted by Gasteiger charge is 2.49. The van der Waals surface area contributed by atoms with E-state index in [2.05, 4.69) is 0 Å². The number of hydrogen-bond acceptors (Lipinski definition) is 4. The van der Waals surface area contributed by atoms with E-state index < -0.39 is 17.3 Å². The standard InChI is InChI=1S/C18H22F3NO4/c1-2-24-10-15-9-17(12-26-15)11-25-8-7-22(17)16(23)13-3-5-14(6-4-13)18(19,20)21/h3-6,15H,2,7-12H2,1H3/t15-,17-/m1/s1. The molecule has 1 aromatic carbocycles. The van der Waals surface area contributed by atoms with Crippen LogP contribution in [0.3, 0.4) is 0 Å². The van der Waals surface area contributed by atoms with Gasteiger partial charge in [-0.15, -0.1) is 0 Å². The summed E-state index contributed by atoms with van der Waals surface area (Å²) in [5.41, 5.74) is -1.14. The molecule has 0 saturated carbocycles. The number of alkyl halides is 3. The van der Waals surface area contributed by atoms with Crippen LogP contribution in [0.4, 0.5) is 13.2 Å². The molecule has 2 fully saturated rings. The molecule has 0 aromatic heterocycles. The van der Waals surface area contributed by atoms with Crippen LogP contribution in [0.2, 0.25) is 0 Å². The van der Waals surface area contributed by atoms with Gasteiger partial charge in [-0.25, -0.2) is 0 Å². The Balaban J connectivity index is 1.76. The van der Waals surface area contributed by atoms with Crippen LogP contribution in [0.25, 0.3) is 0 Å². The Kier molecular flexibility index (Phi) is 5.55. The first-order valence-corrected chi connectivity index (χ1v) is 8.62. The molecule has 1 aromatic rings. The Morgan fingerprint density at radius 2 is 2.04 bits per heavy atom. The summed E-state index contributed by atoms with van der Waals surface area (Å²) in [6.07, 6.45) is -3.97. The lowest BCUT2D eigenvalue weighted by molar-refractivity contribution is -0.137. The minimum Gasteiger partial charge on any atom is -0.379 e. The number of carbonyl (C=O) groups is 1. The van der Waals surface area contributed by atoms with Gasteiger partial charge in [0.1, 0.15) is 0 Å². The highest BCUT2D eigenvalue weighted by atomic mass is 19.4. The lowest BCUT2D eigenvalue weighted by Gasteiger charge is -2.43. The van der Waals surface area contributed by atoms with Crippen LogP contribution >= 0.6 is 0 Å². The van der Waals surface area contributed by atoms with Gasteiger partial charge in [-0.1, -0.05) is 0 Å². The lowest BCUT2D eigenvalue weighted by atomic mass is 9.92. The predicted octanol–water partition coefficient (Wildman–Crippen LogP) is 2.74. The Morgan fingerprint density at radius 3 is 2.69 bits per heavy atom. The fraction of sp³-hybridized carbons (Fsp3) is 0.611. The van der Waals surface area contributed by atoms with Crippen molar-refractivity contribution in [1.29, 1.82) is 0 Å². The minimum atomic E-state index is -4.42. The van der Waals surface area contributed by atoms with Crippen molar-refractivity contribution in [1.82, 2.24) is 4.90 Å². The Hall–Kier alpha value is -1.64. The number of ether oxygens (including phenoxy) is 3. The number of morpholine rings is 1. The molecule has 1 spiro atoms. The fourth-order valence-electron chi connectivity index (χ4n) is 3.47. The summed E-state index contributed by atoms with van der Waals surface area (Å²) >= 11 is 0. The van der Waals surface area contributed by atoms with E-state index in [9.17, 15) is 18.0 Å². The Labute approximate surface area is 150 Å². The molecule has 0 unspecified atom stereocenters. The van der Waals surface area contributed by atoms with Gasteiger partial charge in [0.2, 0.25) is 0 Å². The van der Waals surface area contributed by atoms with Gasteiger partial charge >= 0.3 is 6.18 Å². The van der Waals surface area contributed by atoms with Crippen molar-refractivity contribution in [3.05, 3.63) is 35.4 Å². The quantitative estimate of drug-likeness (QED) is 0.814. The van der Waals surface area contributed by atoms with Crippen LogP contribution in [0, 0.1) is 0 Å². The van der Waals surface area contributed by atoms with Crippen molar-refractivity contribution in [3.8, 4) is 0 Å². The predicted molar refractivity (Wildman–Crippen MR) is 86.9 cm³/mol. The number of halogens is 3. The molecule has 2 atom stereocenters. The van der Waals surface area contributed by atoms with Crippen LogP contribution in [-0.4, -0.2) is 62.0 Å². The number of benzene rings is 1. The summed E-state index contributed by atoms with van der Waals surface area (Å²) in [5.74, 6) is -0.303. The third-order valence-electron chi connectivity index (χ3n) is 4.81. The van der Waals surface area contributed by atoms with E-state index in [-0.39, 0.29) is 17.6 Å². The molecular formula is C18H22F3NO4. The molecule has 2 aliphatic rings. The maximum absolute atomic E-state index is 12.9. The Bertz CT molecular complexity index is 634. The van der Waals surface area contributed by atoms with Crippen molar-refractivity contribution in [2.75, 3.05) is 39.6 Å². The van der Waals surface area contributed by atoms with Crippen LogP contribution in [0.15, 0.2) is 24.3 Å². The number of carbonyl (C=O) groups excluding carboxylic acids is 1. The topological polar surface area (TPSA) is 48.0 Å². The lowest BCUT2D eigenvalue weighted by Crippen LogP contribution is -2.59. The number of rotatable bonds is 4. The van der Waals surface area contributed by atoms with Gasteiger partial charge in [-0.3, -0.25) is 4.79 Å². The van der Waals surface area contributed by atoms with Gasteiger partial charge in [0, 0.05) is 25.1 Å². The minimum absolute atomic E-state index is 0.125. The first-order valence-electron chi connectivity index (χ1n) is 8.62. The van der Waals surface area contributed by atoms with Crippen LogP contribution < -0.4 is 0 Å². The fourth-order valence-corrected chi connectivity index (χ4v) is 3.47. The molecule has 0 aliphatic carbocycles. The average molecular weight is 373 g/mol. The maximum atomic E-state index is 12.9. The summed E-state index contributed by atoms with van der Waals surface area (Å²) in [6, 6.07) is 4.32. The monoisotopic (exact) mass is 373 g/mol. The first kappa shape index (κ1) is 19.1. The van der Waals surface area contributed by atoms with Gasteiger partial charge in [0.05, 0.1) is 43.6 Å². The molecule has 2 saturated heterocycles. The van der Waals surface area contributed by atoms with Crippen molar-refractivity contribution >= 4 is 5.91 Å². The molecular weight excluding hydrogens is 351 g/mol. The van der Waals surface area contributed by atoms with Gasteiger partial charge in [-0.2, -0.15) is 13.2 Å². The third-order valence-corrected chi connectivity index (χ3v) is 4.81. The summed E-state index contributed by atoms with van der Waals surface area (Å²) in [4.78, 5) is 14.6. The highest BCUT2D eigenvalue weighted by Crippen LogP contribution is 2.35. The molecule has 26 heavy (non-hydrogen) atoms. The summed E-state index contributed by atoms with van der Waals surface area (Å²) in [5, 5.41) is 0. The van der Waals surface area contributed by atoms with Crippen LogP contribution in [-0.2, 0) is 20.4 Å². The van der Waals surface area contributed by atoms with Crippen LogP contribution in [0.1, 0.15) is 29.3 Å². The van der Waals surface area contributed by atoms with Crippen molar-refractivity contribution in [2.45, 2.75) is 31.2 Å². The molecule has 3 rings (SSSR count). The van der Waals surface area contributed by atoms with Gasteiger partial charge in [0.15, 0.2) is 0 Å². The molecule has 2 heterocycles. The van der Waals surface area contributed by atoms with Crippen molar-refractivity contribution < 1.29 is 32.2 Å². The Morgan fingerprint density at radius 1 is 1.31 bits per heavy atom. The SMILES string of the molecule is CCOC[C@H]1C[C@@]2(COCCN2C(=O)c2ccc(C(F)(F)F)cc2)CO1.